The third kappa shape index (κ3) is 3.42. The summed E-state index contributed by atoms with van der Waals surface area (Å²) in [6.07, 6.45) is 5.37. The lowest BCUT2D eigenvalue weighted by Gasteiger charge is -2.34. The molecule has 0 N–H and O–H groups in total. The number of aromatic nitrogens is 4. The molecule has 1 aliphatic heterocycles. The molecule has 1 fully saturated rings. The van der Waals surface area contributed by atoms with E-state index in [0.29, 0.717) is 19.6 Å². The SMILES string of the molecule is COC[C@H]1c2nnn(CC3CC3)c2CCN1C(=O)Cc1ccccn1. The van der Waals surface area contributed by atoms with E-state index in [1.165, 1.54) is 12.8 Å². The van der Waals surface area contributed by atoms with Gasteiger partial charge in [0.1, 0.15) is 11.7 Å². The van der Waals surface area contributed by atoms with Crippen molar-refractivity contribution in [3.63, 3.8) is 0 Å². The van der Waals surface area contributed by atoms with Crippen molar-refractivity contribution in [2.24, 2.45) is 5.92 Å². The van der Waals surface area contributed by atoms with Crippen molar-refractivity contribution in [1.82, 2.24) is 24.9 Å². The first-order valence-electron chi connectivity index (χ1n) is 8.87. The van der Waals surface area contributed by atoms with Crippen molar-refractivity contribution < 1.29 is 9.53 Å². The molecule has 1 atom stereocenters. The third-order valence-corrected chi connectivity index (χ3v) is 4.98. The molecule has 0 saturated heterocycles. The van der Waals surface area contributed by atoms with E-state index in [1.807, 2.05) is 27.8 Å². The van der Waals surface area contributed by atoms with Crippen LogP contribution in [0.1, 0.15) is 36.0 Å². The van der Waals surface area contributed by atoms with E-state index in [2.05, 4.69) is 15.3 Å². The lowest BCUT2D eigenvalue weighted by molar-refractivity contribution is -0.134. The van der Waals surface area contributed by atoms with E-state index in [-0.39, 0.29) is 11.9 Å². The van der Waals surface area contributed by atoms with Crippen LogP contribution in [0.2, 0.25) is 0 Å². The molecule has 0 unspecified atom stereocenters. The summed E-state index contributed by atoms with van der Waals surface area (Å²) in [5, 5.41) is 8.75. The molecule has 0 radical (unpaired) electrons. The summed E-state index contributed by atoms with van der Waals surface area (Å²) in [5.74, 6) is 0.804. The van der Waals surface area contributed by atoms with Gasteiger partial charge in [0.15, 0.2) is 0 Å². The zero-order valence-corrected chi connectivity index (χ0v) is 14.5. The van der Waals surface area contributed by atoms with Crippen LogP contribution < -0.4 is 0 Å². The Balaban J connectivity index is 1.54. The van der Waals surface area contributed by atoms with E-state index >= 15 is 0 Å². The summed E-state index contributed by atoms with van der Waals surface area (Å²) in [7, 11) is 1.66. The number of hydrogen-bond acceptors (Lipinski definition) is 5. The lowest BCUT2D eigenvalue weighted by atomic mass is 10.0. The molecule has 2 aromatic heterocycles. The largest absolute Gasteiger partial charge is 0.382 e. The molecule has 1 saturated carbocycles. The van der Waals surface area contributed by atoms with Gasteiger partial charge in [-0.05, 0) is 30.9 Å². The Labute approximate surface area is 147 Å². The number of carbonyl (C=O) groups excluding carboxylic acids is 1. The highest BCUT2D eigenvalue weighted by Gasteiger charge is 2.35. The van der Waals surface area contributed by atoms with Gasteiger partial charge in [0.2, 0.25) is 5.91 Å². The van der Waals surface area contributed by atoms with Crippen molar-refractivity contribution in [2.75, 3.05) is 20.3 Å². The Morgan fingerprint density at radius 2 is 2.24 bits per heavy atom. The van der Waals surface area contributed by atoms with E-state index in [9.17, 15) is 4.79 Å². The van der Waals surface area contributed by atoms with Crippen LogP contribution in [0.5, 0.6) is 0 Å². The monoisotopic (exact) mass is 341 g/mol. The summed E-state index contributed by atoms with van der Waals surface area (Å²) >= 11 is 0. The maximum absolute atomic E-state index is 12.8. The molecule has 3 heterocycles. The van der Waals surface area contributed by atoms with Gasteiger partial charge in [-0.25, -0.2) is 4.68 Å². The number of ether oxygens (including phenoxy) is 1. The first kappa shape index (κ1) is 16.2. The van der Waals surface area contributed by atoms with Crippen LogP contribution in [0.15, 0.2) is 24.4 Å². The Hall–Kier alpha value is -2.28. The van der Waals surface area contributed by atoms with Gasteiger partial charge in [0.05, 0.1) is 18.7 Å². The molecular weight excluding hydrogens is 318 g/mol. The van der Waals surface area contributed by atoms with E-state index < -0.39 is 0 Å². The Morgan fingerprint density at radius 3 is 2.96 bits per heavy atom. The molecule has 0 bridgehead atoms. The Bertz CT molecular complexity index is 741. The highest BCUT2D eigenvalue weighted by atomic mass is 16.5. The van der Waals surface area contributed by atoms with Crippen molar-refractivity contribution in [3.05, 3.63) is 41.5 Å². The van der Waals surface area contributed by atoms with Crippen molar-refractivity contribution >= 4 is 5.91 Å². The predicted octanol–water partition coefficient (Wildman–Crippen LogP) is 1.40. The topological polar surface area (TPSA) is 73.1 Å². The molecule has 25 heavy (non-hydrogen) atoms. The molecule has 132 valence electrons. The van der Waals surface area contributed by atoms with Crippen LogP contribution in [-0.2, 0) is 28.9 Å². The molecule has 1 amide bonds. The van der Waals surface area contributed by atoms with Crippen LogP contribution in [0.4, 0.5) is 0 Å². The number of hydrogen-bond donors (Lipinski definition) is 0. The minimum absolute atomic E-state index is 0.0585. The lowest BCUT2D eigenvalue weighted by Crippen LogP contribution is -2.43. The van der Waals surface area contributed by atoms with Crippen molar-refractivity contribution in [1.29, 1.82) is 0 Å². The molecule has 1 aliphatic carbocycles. The highest BCUT2D eigenvalue weighted by molar-refractivity contribution is 5.79. The Kier molecular flexibility index (Phi) is 4.48. The van der Waals surface area contributed by atoms with E-state index in [1.54, 1.807) is 13.3 Å². The number of amides is 1. The van der Waals surface area contributed by atoms with Crippen molar-refractivity contribution in [3.8, 4) is 0 Å². The number of pyridine rings is 1. The van der Waals surface area contributed by atoms with Gasteiger partial charge in [0.25, 0.3) is 0 Å². The van der Waals surface area contributed by atoms with Crippen molar-refractivity contribution in [2.45, 2.75) is 38.3 Å². The third-order valence-electron chi connectivity index (χ3n) is 4.98. The van der Waals surface area contributed by atoms with Crippen LogP contribution in [-0.4, -0.2) is 51.0 Å². The van der Waals surface area contributed by atoms with Gasteiger partial charge in [0, 0.05) is 38.5 Å². The fourth-order valence-corrected chi connectivity index (χ4v) is 3.47. The number of rotatable bonds is 6. The molecule has 2 aliphatic rings. The quantitative estimate of drug-likeness (QED) is 0.794. The predicted molar refractivity (Wildman–Crippen MR) is 90.7 cm³/mol. The van der Waals surface area contributed by atoms with Gasteiger partial charge in [-0.15, -0.1) is 5.10 Å². The molecule has 7 heteroatoms. The maximum Gasteiger partial charge on any atom is 0.229 e. The highest BCUT2D eigenvalue weighted by Crippen LogP contribution is 2.33. The zero-order valence-electron chi connectivity index (χ0n) is 14.5. The minimum atomic E-state index is -0.169. The molecule has 7 nitrogen and oxygen atoms in total. The number of nitrogens with zero attached hydrogens (tertiary/aromatic N) is 5. The minimum Gasteiger partial charge on any atom is -0.382 e. The van der Waals surface area contributed by atoms with Gasteiger partial charge in [-0.1, -0.05) is 11.3 Å². The molecular formula is C18H23N5O2. The normalized spacial score (nSPS) is 19.7. The summed E-state index contributed by atoms with van der Waals surface area (Å²) in [4.78, 5) is 19.0. The average molecular weight is 341 g/mol. The molecule has 4 rings (SSSR count). The second-order valence-electron chi connectivity index (χ2n) is 6.85. The van der Waals surface area contributed by atoms with Gasteiger partial charge in [-0.3, -0.25) is 9.78 Å². The maximum atomic E-state index is 12.8. The smallest absolute Gasteiger partial charge is 0.229 e. The number of carbonyl (C=O) groups is 1. The summed E-state index contributed by atoms with van der Waals surface area (Å²) < 4.78 is 7.42. The second kappa shape index (κ2) is 6.92. The van der Waals surface area contributed by atoms with Gasteiger partial charge in [-0.2, -0.15) is 0 Å². The second-order valence-corrected chi connectivity index (χ2v) is 6.85. The average Bonchev–Trinajstić information content (AvgIpc) is 3.35. The fourth-order valence-electron chi connectivity index (χ4n) is 3.47. The van der Waals surface area contributed by atoms with E-state index in [4.69, 9.17) is 4.74 Å². The van der Waals surface area contributed by atoms with Crippen LogP contribution >= 0.6 is 0 Å². The Morgan fingerprint density at radius 1 is 1.36 bits per heavy atom. The summed E-state index contributed by atoms with van der Waals surface area (Å²) in [5.41, 5.74) is 2.84. The van der Waals surface area contributed by atoms with Crippen LogP contribution in [0.3, 0.4) is 0 Å². The zero-order chi connectivity index (χ0) is 17.2. The molecule has 0 aromatic carbocycles. The first-order valence-corrected chi connectivity index (χ1v) is 8.87. The summed E-state index contributed by atoms with van der Waals surface area (Å²) in [6.45, 7) is 2.05. The molecule has 2 aromatic rings. The van der Waals surface area contributed by atoms with Gasteiger partial charge < -0.3 is 9.64 Å². The van der Waals surface area contributed by atoms with E-state index in [0.717, 1.165) is 36.0 Å². The first-order chi connectivity index (χ1) is 12.3. The van der Waals surface area contributed by atoms with Crippen LogP contribution in [0, 0.1) is 5.92 Å². The number of fused-ring (bicyclic) bond motifs is 1. The van der Waals surface area contributed by atoms with Crippen LogP contribution in [0.25, 0.3) is 0 Å². The fraction of sp³-hybridized carbons (Fsp3) is 0.556. The summed E-state index contributed by atoms with van der Waals surface area (Å²) in [6, 6.07) is 5.47. The molecule has 0 spiro atoms. The van der Waals surface area contributed by atoms with Gasteiger partial charge >= 0.3 is 0 Å². The number of methoxy groups -OCH3 is 1. The standard InChI is InChI=1S/C18H23N5O2/c1-25-12-16-18-15(23(21-20-18)11-13-5-6-13)7-9-22(16)17(24)10-14-4-2-3-8-19-14/h2-4,8,13,16H,5-7,9-12H2,1H3/t16-/m0/s1.